The molecule has 3 aromatic rings. The van der Waals surface area contributed by atoms with E-state index >= 15 is 4.39 Å². The van der Waals surface area contributed by atoms with Gasteiger partial charge in [0, 0.05) is 48.3 Å². The molecule has 0 N–H and O–H groups in total. The van der Waals surface area contributed by atoms with Gasteiger partial charge in [-0.2, -0.15) is 0 Å². The number of carbonyl (C=O) groups excluding carboxylic acids is 3. The maximum absolute atomic E-state index is 15.8. The standard InChI is InChI=1S/C38H46FN5O8/c1-6-38(52-37(48)50-22(2)3)28-17-31-33-26(20-44(31)34(45)27(28)21-49-35(38)46)25(19-41(4)5)24-16-32(29(39)18-30(24)40-33)51-36(47)43-14-10-23(11-15-43)42-12-8-7-9-13-42/h16-18,22-23H,6-15,19-21H2,1-5H3/t38-/m0/s1. The average Bonchev–Trinajstić information content (AvgIpc) is 3.48. The minimum absolute atomic E-state index is 0.0119. The van der Waals surface area contributed by atoms with Gasteiger partial charge in [0.1, 0.15) is 6.61 Å². The molecule has 1 atom stereocenters. The van der Waals surface area contributed by atoms with E-state index < -0.39 is 41.3 Å². The van der Waals surface area contributed by atoms with Crippen LogP contribution >= 0.6 is 0 Å². The zero-order valence-corrected chi connectivity index (χ0v) is 30.5. The van der Waals surface area contributed by atoms with Crippen LogP contribution < -0.4 is 10.3 Å². The molecule has 7 rings (SSSR count). The molecular weight excluding hydrogens is 673 g/mol. The number of pyridine rings is 2. The summed E-state index contributed by atoms with van der Waals surface area (Å²) in [6.45, 7) is 8.54. The van der Waals surface area contributed by atoms with E-state index in [0.29, 0.717) is 48.0 Å². The molecule has 1 amide bonds. The van der Waals surface area contributed by atoms with Crippen molar-refractivity contribution in [3.8, 4) is 17.1 Å². The molecule has 278 valence electrons. The highest BCUT2D eigenvalue weighted by Crippen LogP contribution is 2.43. The molecule has 14 heteroatoms. The van der Waals surface area contributed by atoms with Gasteiger partial charge in [-0.25, -0.2) is 23.8 Å². The van der Waals surface area contributed by atoms with Crippen LogP contribution in [0.4, 0.5) is 14.0 Å². The average molecular weight is 720 g/mol. The number of carbonyl (C=O) groups is 3. The van der Waals surface area contributed by atoms with Crippen LogP contribution in [0.25, 0.3) is 22.3 Å². The molecule has 0 aliphatic carbocycles. The lowest BCUT2D eigenvalue weighted by molar-refractivity contribution is -0.176. The van der Waals surface area contributed by atoms with Crippen molar-refractivity contribution in [2.24, 2.45) is 0 Å². The van der Waals surface area contributed by atoms with Crippen LogP contribution in [-0.2, 0) is 44.3 Å². The third-order valence-electron chi connectivity index (χ3n) is 10.7. The van der Waals surface area contributed by atoms with Gasteiger partial charge in [-0.05, 0) is 90.8 Å². The number of nitrogens with zero attached hydrogens (tertiary/aromatic N) is 5. The summed E-state index contributed by atoms with van der Waals surface area (Å²) in [5, 5.41) is 0.590. The van der Waals surface area contributed by atoms with Crippen LogP contribution in [0.2, 0.25) is 0 Å². The van der Waals surface area contributed by atoms with Gasteiger partial charge in [0.2, 0.25) is 5.60 Å². The highest BCUT2D eigenvalue weighted by Gasteiger charge is 2.51. The van der Waals surface area contributed by atoms with Crippen molar-refractivity contribution in [2.75, 3.05) is 40.3 Å². The number of aromatic nitrogens is 2. The number of likely N-dealkylation sites (tertiary alicyclic amines) is 2. The van der Waals surface area contributed by atoms with Gasteiger partial charge in [0.15, 0.2) is 11.6 Å². The molecule has 4 aliphatic rings. The molecule has 2 aromatic heterocycles. The minimum atomic E-state index is -1.91. The van der Waals surface area contributed by atoms with E-state index in [4.69, 9.17) is 23.9 Å². The quantitative estimate of drug-likeness (QED) is 0.231. The van der Waals surface area contributed by atoms with Crippen molar-refractivity contribution in [2.45, 2.75) is 96.7 Å². The van der Waals surface area contributed by atoms with E-state index in [2.05, 4.69) is 4.90 Å². The first kappa shape index (κ1) is 35.8. The number of rotatable bonds is 7. The molecule has 0 unspecified atom stereocenters. The van der Waals surface area contributed by atoms with Crippen LogP contribution in [0.1, 0.15) is 81.5 Å². The van der Waals surface area contributed by atoms with Crippen molar-refractivity contribution in [1.29, 1.82) is 0 Å². The van der Waals surface area contributed by atoms with Gasteiger partial charge in [0.05, 0.1) is 35.1 Å². The number of fused-ring (bicyclic) bond motifs is 5. The summed E-state index contributed by atoms with van der Waals surface area (Å²) in [5.74, 6) is -1.73. The van der Waals surface area contributed by atoms with Crippen molar-refractivity contribution < 1.29 is 37.7 Å². The molecule has 1 aromatic carbocycles. The Morgan fingerprint density at radius 3 is 2.46 bits per heavy atom. The largest absolute Gasteiger partial charge is 0.510 e. The van der Waals surface area contributed by atoms with Gasteiger partial charge in [0.25, 0.3) is 5.56 Å². The molecule has 0 spiro atoms. The fourth-order valence-corrected chi connectivity index (χ4v) is 8.11. The zero-order valence-electron chi connectivity index (χ0n) is 30.5. The van der Waals surface area contributed by atoms with E-state index in [1.165, 1.54) is 31.4 Å². The zero-order chi connectivity index (χ0) is 36.9. The van der Waals surface area contributed by atoms with Crippen LogP contribution in [0, 0.1) is 5.82 Å². The molecule has 2 saturated heterocycles. The Morgan fingerprint density at radius 2 is 1.79 bits per heavy atom. The summed E-state index contributed by atoms with van der Waals surface area (Å²) in [7, 11) is 3.80. The molecule has 0 saturated carbocycles. The molecule has 0 bridgehead atoms. The first-order valence-electron chi connectivity index (χ1n) is 18.2. The summed E-state index contributed by atoms with van der Waals surface area (Å²) < 4.78 is 39.3. The number of amides is 1. The molecule has 52 heavy (non-hydrogen) atoms. The number of cyclic esters (lactones) is 1. The normalized spacial score (nSPS) is 20.5. The maximum atomic E-state index is 15.8. The van der Waals surface area contributed by atoms with Crippen LogP contribution in [-0.4, -0.2) is 94.9 Å². The predicted molar refractivity (Wildman–Crippen MR) is 188 cm³/mol. The number of piperidine rings is 2. The lowest BCUT2D eigenvalue weighted by atomic mass is 9.85. The fourth-order valence-electron chi connectivity index (χ4n) is 8.11. The van der Waals surface area contributed by atoms with Gasteiger partial charge < -0.3 is 38.2 Å². The second-order valence-corrected chi connectivity index (χ2v) is 14.7. The maximum Gasteiger partial charge on any atom is 0.510 e. The topological polar surface area (TPSA) is 133 Å². The molecule has 4 aliphatic heterocycles. The highest BCUT2D eigenvalue weighted by atomic mass is 19.1. The number of benzene rings is 1. The van der Waals surface area contributed by atoms with Gasteiger partial charge in [-0.3, -0.25) is 4.79 Å². The Bertz CT molecular complexity index is 1980. The fraction of sp³-hybridized carbons (Fsp3) is 0.553. The highest BCUT2D eigenvalue weighted by molar-refractivity contribution is 5.91. The Kier molecular flexibility index (Phi) is 9.72. The van der Waals surface area contributed by atoms with E-state index in [1.807, 2.05) is 19.0 Å². The Morgan fingerprint density at radius 1 is 1.06 bits per heavy atom. The number of hydrogen-bond donors (Lipinski definition) is 0. The SMILES string of the molecule is CC[C@@]1(OC(=O)OC(C)C)C(=O)OCc2c1cc1n(c2=O)Cc2c-1nc1cc(F)c(OC(=O)N3CCC(N4CCCCC4)CC3)cc1c2CN(C)C. The predicted octanol–water partition coefficient (Wildman–Crippen LogP) is 5.30. The van der Waals surface area contributed by atoms with E-state index in [1.54, 1.807) is 36.3 Å². The summed E-state index contributed by atoms with van der Waals surface area (Å²) in [6.07, 6.45) is 3.25. The summed E-state index contributed by atoms with van der Waals surface area (Å²) in [5.41, 5.74) is 0.753. The number of ether oxygens (including phenoxy) is 4. The lowest BCUT2D eigenvalue weighted by Gasteiger charge is -2.39. The molecule has 6 heterocycles. The molecule has 13 nitrogen and oxygen atoms in total. The smallest absolute Gasteiger partial charge is 0.457 e. The second-order valence-electron chi connectivity index (χ2n) is 14.7. The van der Waals surface area contributed by atoms with E-state index in [-0.39, 0.29) is 36.4 Å². The number of hydrogen-bond acceptors (Lipinski definition) is 11. The third-order valence-corrected chi connectivity index (χ3v) is 10.7. The van der Waals surface area contributed by atoms with E-state index in [0.717, 1.165) is 37.1 Å². The second kappa shape index (κ2) is 14.1. The number of halogens is 1. The van der Waals surface area contributed by atoms with Gasteiger partial charge >= 0.3 is 18.2 Å². The van der Waals surface area contributed by atoms with Crippen molar-refractivity contribution >= 4 is 29.1 Å². The Labute approximate surface area is 301 Å². The summed E-state index contributed by atoms with van der Waals surface area (Å²) in [6, 6.07) is 4.87. The number of esters is 1. The van der Waals surface area contributed by atoms with Gasteiger partial charge in [-0.1, -0.05) is 13.3 Å². The Hall–Kier alpha value is -4.56. The summed E-state index contributed by atoms with van der Waals surface area (Å²) in [4.78, 5) is 64.4. The molecule has 2 fully saturated rings. The molecular formula is C38H46FN5O8. The van der Waals surface area contributed by atoms with Crippen molar-refractivity contribution in [3.05, 3.63) is 56.6 Å². The first-order valence-corrected chi connectivity index (χ1v) is 18.2. The van der Waals surface area contributed by atoms with Crippen LogP contribution in [0.3, 0.4) is 0 Å². The van der Waals surface area contributed by atoms with Crippen LogP contribution in [0.5, 0.6) is 5.75 Å². The first-order chi connectivity index (χ1) is 24.9. The lowest BCUT2D eigenvalue weighted by Crippen LogP contribution is -2.48. The van der Waals surface area contributed by atoms with Crippen molar-refractivity contribution in [3.63, 3.8) is 0 Å². The van der Waals surface area contributed by atoms with Crippen molar-refractivity contribution in [1.82, 2.24) is 24.3 Å². The van der Waals surface area contributed by atoms with E-state index in [9.17, 15) is 19.2 Å². The monoisotopic (exact) mass is 719 g/mol. The summed E-state index contributed by atoms with van der Waals surface area (Å²) >= 11 is 0. The van der Waals surface area contributed by atoms with Crippen LogP contribution in [0.15, 0.2) is 23.0 Å². The molecule has 0 radical (unpaired) electrons. The Balaban J connectivity index is 1.23. The third kappa shape index (κ3) is 6.40. The minimum Gasteiger partial charge on any atom is -0.457 e. The van der Waals surface area contributed by atoms with Gasteiger partial charge in [-0.15, -0.1) is 0 Å².